The van der Waals surface area contributed by atoms with E-state index in [-0.39, 0.29) is 12.6 Å². The van der Waals surface area contributed by atoms with Crippen molar-refractivity contribution in [3.05, 3.63) is 0 Å². The maximum atomic E-state index is 10.2. The number of carbonyl (C=O) groups is 1. The maximum Gasteiger partial charge on any atom is 0.303 e. The molecule has 2 nitrogen and oxygen atoms in total. The number of unbranched alkanes of at least 4 members (excludes halogenated alkanes) is 2. The molecule has 0 amide bonds. The molecule has 0 aromatic heterocycles. The molecule has 2 heteroatoms. The van der Waals surface area contributed by atoms with Gasteiger partial charge in [0.25, 0.3) is 0 Å². The number of esters is 1. The van der Waals surface area contributed by atoms with Crippen molar-refractivity contribution in [3.8, 4) is 11.8 Å². The Bertz CT molecular complexity index is 162. The van der Waals surface area contributed by atoms with E-state index < -0.39 is 0 Å². The van der Waals surface area contributed by atoms with Gasteiger partial charge in [-0.25, -0.2) is 0 Å². The van der Waals surface area contributed by atoms with Crippen molar-refractivity contribution in [2.24, 2.45) is 0 Å². The fourth-order valence-corrected chi connectivity index (χ4v) is 0.542. The molecule has 0 saturated heterocycles. The van der Waals surface area contributed by atoms with E-state index in [1.54, 1.807) is 0 Å². The van der Waals surface area contributed by atoms with E-state index in [0.29, 0.717) is 0 Å². The second-order valence-corrected chi connectivity index (χ2v) is 2.24. The summed E-state index contributed by atoms with van der Waals surface area (Å²) in [5.74, 6) is 5.40. The second kappa shape index (κ2) is 7.14. The van der Waals surface area contributed by atoms with Gasteiger partial charge in [-0.05, 0) is 6.42 Å². The van der Waals surface area contributed by atoms with E-state index in [9.17, 15) is 4.79 Å². The number of hydrogen-bond acceptors (Lipinski definition) is 2. The van der Waals surface area contributed by atoms with Gasteiger partial charge in [0, 0.05) is 13.3 Å². The molecule has 0 bridgehead atoms. The molecule has 0 radical (unpaired) electrons. The van der Waals surface area contributed by atoms with Gasteiger partial charge in [0.2, 0.25) is 0 Å². The lowest BCUT2D eigenvalue weighted by Crippen LogP contribution is -1.97. The van der Waals surface area contributed by atoms with Crippen molar-refractivity contribution in [1.82, 2.24) is 0 Å². The first-order chi connectivity index (χ1) is 5.27. The summed E-state index contributed by atoms with van der Waals surface area (Å²) in [6.45, 7) is 3.74. The first-order valence-corrected chi connectivity index (χ1v) is 3.86. The van der Waals surface area contributed by atoms with Gasteiger partial charge < -0.3 is 4.74 Å². The third-order valence-corrected chi connectivity index (χ3v) is 1.13. The minimum absolute atomic E-state index is 0.235. The molecule has 0 aromatic carbocycles. The fraction of sp³-hybridized carbons (Fsp3) is 0.667. The summed E-state index contributed by atoms with van der Waals surface area (Å²) in [6.07, 6.45) is 3.17. The first-order valence-electron chi connectivity index (χ1n) is 3.86. The first kappa shape index (κ1) is 10.0. The minimum atomic E-state index is -0.269. The zero-order chi connectivity index (χ0) is 8.53. The highest BCUT2D eigenvalue weighted by atomic mass is 16.5. The number of rotatable bonds is 3. The van der Waals surface area contributed by atoms with E-state index in [1.807, 2.05) is 0 Å². The Hall–Kier alpha value is -0.970. The molecule has 62 valence electrons. The van der Waals surface area contributed by atoms with Crippen LogP contribution in [0.15, 0.2) is 0 Å². The largest absolute Gasteiger partial charge is 0.453 e. The lowest BCUT2D eigenvalue weighted by atomic mass is 10.2. The summed E-state index contributed by atoms with van der Waals surface area (Å²) in [4.78, 5) is 10.2. The lowest BCUT2D eigenvalue weighted by molar-refractivity contribution is -0.139. The van der Waals surface area contributed by atoms with Crippen molar-refractivity contribution in [2.45, 2.75) is 33.1 Å². The molecular formula is C9H14O2. The highest BCUT2D eigenvalue weighted by Crippen LogP contribution is 1.90. The van der Waals surface area contributed by atoms with Gasteiger partial charge in [0.05, 0.1) is 0 Å². The molecule has 11 heavy (non-hydrogen) atoms. The van der Waals surface area contributed by atoms with Gasteiger partial charge in [-0.15, -0.1) is 0 Å². The monoisotopic (exact) mass is 154 g/mol. The zero-order valence-corrected chi connectivity index (χ0v) is 7.14. The second-order valence-electron chi connectivity index (χ2n) is 2.24. The maximum absolute atomic E-state index is 10.2. The average Bonchev–Trinajstić information content (AvgIpc) is 1.96. The topological polar surface area (TPSA) is 26.3 Å². The Morgan fingerprint density at radius 3 is 2.73 bits per heavy atom. The molecule has 0 rings (SSSR count). The van der Waals surface area contributed by atoms with Gasteiger partial charge in [-0.1, -0.05) is 25.2 Å². The number of ether oxygens (including phenoxy) is 1. The van der Waals surface area contributed by atoms with Crippen LogP contribution in [0.1, 0.15) is 33.1 Å². The van der Waals surface area contributed by atoms with Gasteiger partial charge in [-0.3, -0.25) is 4.79 Å². The smallest absolute Gasteiger partial charge is 0.303 e. The van der Waals surface area contributed by atoms with Crippen LogP contribution in [-0.4, -0.2) is 12.6 Å². The Morgan fingerprint density at radius 1 is 1.45 bits per heavy atom. The summed E-state index contributed by atoms with van der Waals surface area (Å²) in [6, 6.07) is 0. The van der Waals surface area contributed by atoms with E-state index in [1.165, 1.54) is 6.92 Å². The lowest BCUT2D eigenvalue weighted by Gasteiger charge is -1.91. The highest BCUT2D eigenvalue weighted by molar-refractivity contribution is 5.66. The summed E-state index contributed by atoms with van der Waals surface area (Å²) >= 11 is 0. The van der Waals surface area contributed by atoms with Gasteiger partial charge >= 0.3 is 5.97 Å². The quantitative estimate of drug-likeness (QED) is 0.351. The highest BCUT2D eigenvalue weighted by Gasteiger charge is 1.85. The van der Waals surface area contributed by atoms with Gasteiger partial charge in [-0.2, -0.15) is 0 Å². The van der Waals surface area contributed by atoms with E-state index in [2.05, 4.69) is 23.5 Å². The molecule has 0 aliphatic rings. The summed E-state index contributed by atoms with van der Waals surface area (Å²) in [5.41, 5.74) is 0. The summed E-state index contributed by atoms with van der Waals surface area (Å²) < 4.78 is 4.61. The Labute approximate surface area is 67.9 Å². The van der Waals surface area contributed by atoms with Crippen LogP contribution in [0.3, 0.4) is 0 Å². The van der Waals surface area contributed by atoms with Crippen LogP contribution in [0.25, 0.3) is 0 Å². The number of hydrogen-bond donors (Lipinski definition) is 0. The SMILES string of the molecule is CCCCC#CCOC(C)=O. The molecular weight excluding hydrogens is 140 g/mol. The minimum Gasteiger partial charge on any atom is -0.453 e. The fourth-order valence-electron chi connectivity index (χ4n) is 0.542. The molecule has 0 aliphatic carbocycles. The van der Waals surface area contributed by atoms with Crippen LogP contribution in [0, 0.1) is 11.8 Å². The summed E-state index contributed by atoms with van der Waals surface area (Å²) in [7, 11) is 0. The molecule has 0 unspecified atom stereocenters. The molecule has 0 saturated carbocycles. The third-order valence-electron chi connectivity index (χ3n) is 1.13. The molecule has 0 N–H and O–H groups in total. The zero-order valence-electron chi connectivity index (χ0n) is 7.14. The van der Waals surface area contributed by atoms with Crippen LogP contribution in [-0.2, 0) is 9.53 Å². The van der Waals surface area contributed by atoms with Crippen LogP contribution in [0.5, 0.6) is 0 Å². The van der Waals surface area contributed by atoms with Crippen molar-refractivity contribution in [1.29, 1.82) is 0 Å². The third kappa shape index (κ3) is 9.03. The molecule has 0 aliphatic heterocycles. The normalized spacial score (nSPS) is 8.18. The van der Waals surface area contributed by atoms with Crippen LogP contribution < -0.4 is 0 Å². The Kier molecular flexibility index (Phi) is 6.51. The average molecular weight is 154 g/mol. The van der Waals surface area contributed by atoms with E-state index >= 15 is 0 Å². The van der Waals surface area contributed by atoms with Crippen molar-refractivity contribution >= 4 is 5.97 Å². The molecule has 0 atom stereocenters. The predicted molar refractivity (Wildman–Crippen MR) is 43.9 cm³/mol. The summed E-state index contributed by atoms with van der Waals surface area (Å²) in [5, 5.41) is 0. The molecule has 0 spiro atoms. The van der Waals surface area contributed by atoms with Crippen LogP contribution >= 0.6 is 0 Å². The number of carbonyl (C=O) groups excluding carboxylic acids is 1. The van der Waals surface area contributed by atoms with Crippen LogP contribution in [0.4, 0.5) is 0 Å². The molecule has 0 fully saturated rings. The molecule has 0 aromatic rings. The predicted octanol–water partition coefficient (Wildman–Crippen LogP) is 1.74. The van der Waals surface area contributed by atoms with Crippen molar-refractivity contribution in [3.63, 3.8) is 0 Å². The Balaban J connectivity index is 3.19. The standard InChI is InChI=1S/C9H14O2/c1-3-4-5-6-7-8-11-9(2)10/h3-5,8H2,1-2H3. The van der Waals surface area contributed by atoms with Crippen molar-refractivity contribution in [2.75, 3.05) is 6.61 Å². The van der Waals surface area contributed by atoms with Gasteiger partial charge in [0.1, 0.15) is 0 Å². The van der Waals surface area contributed by atoms with E-state index in [4.69, 9.17) is 0 Å². The molecule has 0 heterocycles. The van der Waals surface area contributed by atoms with Gasteiger partial charge in [0.15, 0.2) is 6.61 Å². The Morgan fingerprint density at radius 2 is 2.18 bits per heavy atom. The van der Waals surface area contributed by atoms with Crippen LogP contribution in [0.2, 0.25) is 0 Å². The van der Waals surface area contributed by atoms with Crippen molar-refractivity contribution < 1.29 is 9.53 Å². The van der Waals surface area contributed by atoms with E-state index in [0.717, 1.165) is 19.3 Å².